The summed E-state index contributed by atoms with van der Waals surface area (Å²) in [5.41, 5.74) is 3.87. The topological polar surface area (TPSA) is 58.4 Å². The highest BCUT2D eigenvalue weighted by Gasteiger charge is 2.30. The van der Waals surface area contributed by atoms with Crippen molar-refractivity contribution in [3.05, 3.63) is 45.7 Å². The second-order valence-electron chi connectivity index (χ2n) is 6.90. The predicted molar refractivity (Wildman–Crippen MR) is 99.1 cm³/mol. The number of carbonyl (C=O) groups is 1. The van der Waals surface area contributed by atoms with Crippen molar-refractivity contribution in [2.24, 2.45) is 0 Å². The van der Waals surface area contributed by atoms with E-state index in [9.17, 15) is 9.90 Å². The quantitative estimate of drug-likeness (QED) is 0.837. The van der Waals surface area contributed by atoms with Crippen molar-refractivity contribution in [1.82, 2.24) is 14.7 Å². The molecule has 132 valence electrons. The van der Waals surface area contributed by atoms with Gasteiger partial charge < -0.3 is 10.0 Å². The maximum atomic E-state index is 13.0. The third-order valence-electron chi connectivity index (χ3n) is 5.19. The summed E-state index contributed by atoms with van der Waals surface area (Å²) in [5, 5.41) is 14.4. The number of aliphatic hydroxyl groups is 1. The van der Waals surface area contributed by atoms with Crippen LogP contribution < -0.4 is 0 Å². The lowest BCUT2D eigenvalue weighted by atomic mass is 9.95. The van der Waals surface area contributed by atoms with Crippen LogP contribution in [-0.2, 0) is 12.8 Å². The molecule has 1 saturated heterocycles. The van der Waals surface area contributed by atoms with Crippen LogP contribution >= 0.6 is 15.9 Å². The van der Waals surface area contributed by atoms with Gasteiger partial charge in [0.1, 0.15) is 0 Å². The molecule has 1 aromatic carbocycles. The number of benzene rings is 1. The number of amides is 1. The molecule has 1 aliphatic heterocycles. The number of piperidine rings is 1. The van der Waals surface area contributed by atoms with E-state index in [-0.39, 0.29) is 12.0 Å². The van der Waals surface area contributed by atoms with Gasteiger partial charge in [0.05, 0.1) is 11.8 Å². The van der Waals surface area contributed by atoms with Crippen LogP contribution in [0.5, 0.6) is 0 Å². The molecule has 0 radical (unpaired) electrons. The first kappa shape index (κ1) is 16.8. The lowest BCUT2D eigenvalue weighted by molar-refractivity contribution is 0.0540. The number of fused-ring (bicyclic) bond motifs is 1. The highest BCUT2D eigenvalue weighted by atomic mass is 79.9. The SMILES string of the molecule is O=C(c1nn(-c2cccc(Br)c2)c2c1CCCC2)N1CCC(O)CC1. The van der Waals surface area contributed by atoms with Crippen molar-refractivity contribution in [2.75, 3.05) is 13.1 Å². The number of likely N-dealkylation sites (tertiary alicyclic amines) is 1. The molecule has 5 nitrogen and oxygen atoms in total. The average molecular weight is 404 g/mol. The van der Waals surface area contributed by atoms with Crippen LogP contribution in [0.1, 0.15) is 47.4 Å². The van der Waals surface area contributed by atoms with E-state index in [1.54, 1.807) is 0 Å². The van der Waals surface area contributed by atoms with Crippen molar-refractivity contribution in [3.8, 4) is 5.69 Å². The van der Waals surface area contributed by atoms with Gasteiger partial charge in [0, 0.05) is 28.8 Å². The van der Waals surface area contributed by atoms with Crippen LogP contribution in [0.15, 0.2) is 28.7 Å². The number of hydrogen-bond donors (Lipinski definition) is 1. The van der Waals surface area contributed by atoms with Gasteiger partial charge in [-0.1, -0.05) is 22.0 Å². The van der Waals surface area contributed by atoms with Gasteiger partial charge >= 0.3 is 0 Å². The molecule has 1 fully saturated rings. The summed E-state index contributed by atoms with van der Waals surface area (Å²) in [6, 6.07) is 8.04. The van der Waals surface area contributed by atoms with Crippen LogP contribution in [0, 0.1) is 0 Å². The first-order valence-electron chi connectivity index (χ1n) is 8.97. The highest BCUT2D eigenvalue weighted by molar-refractivity contribution is 9.10. The molecular formula is C19H22BrN3O2. The van der Waals surface area contributed by atoms with Gasteiger partial charge in [-0.15, -0.1) is 0 Å². The molecule has 1 aromatic heterocycles. The fourth-order valence-electron chi connectivity index (χ4n) is 3.81. The Morgan fingerprint density at radius 3 is 2.72 bits per heavy atom. The van der Waals surface area contributed by atoms with Gasteiger partial charge in [0.25, 0.3) is 5.91 Å². The van der Waals surface area contributed by atoms with Crippen LogP contribution in [0.25, 0.3) is 5.69 Å². The van der Waals surface area contributed by atoms with E-state index in [0.717, 1.165) is 41.4 Å². The van der Waals surface area contributed by atoms with Crippen molar-refractivity contribution < 1.29 is 9.90 Å². The van der Waals surface area contributed by atoms with E-state index in [2.05, 4.69) is 15.9 Å². The molecule has 0 atom stereocenters. The Kier molecular flexibility index (Phi) is 4.65. The zero-order chi connectivity index (χ0) is 17.4. The van der Waals surface area contributed by atoms with Gasteiger partial charge in [-0.05, 0) is 56.7 Å². The molecule has 25 heavy (non-hydrogen) atoms. The number of rotatable bonds is 2. The maximum absolute atomic E-state index is 13.0. The van der Waals surface area contributed by atoms with Crippen LogP contribution in [0.2, 0.25) is 0 Å². The fourth-order valence-corrected chi connectivity index (χ4v) is 4.20. The average Bonchev–Trinajstić information content (AvgIpc) is 3.01. The monoisotopic (exact) mass is 403 g/mol. The smallest absolute Gasteiger partial charge is 0.274 e. The van der Waals surface area contributed by atoms with Gasteiger partial charge in [0.15, 0.2) is 5.69 Å². The van der Waals surface area contributed by atoms with Gasteiger partial charge in [-0.2, -0.15) is 5.10 Å². The van der Waals surface area contributed by atoms with Crippen molar-refractivity contribution >= 4 is 21.8 Å². The first-order valence-corrected chi connectivity index (χ1v) is 9.77. The number of nitrogens with zero attached hydrogens (tertiary/aromatic N) is 3. The molecular weight excluding hydrogens is 382 g/mol. The molecule has 1 aliphatic carbocycles. The highest BCUT2D eigenvalue weighted by Crippen LogP contribution is 2.29. The van der Waals surface area contributed by atoms with E-state index in [0.29, 0.717) is 31.6 Å². The molecule has 6 heteroatoms. The first-order chi connectivity index (χ1) is 12.1. The summed E-state index contributed by atoms with van der Waals surface area (Å²) in [6.45, 7) is 1.22. The minimum absolute atomic E-state index is 0.0128. The van der Waals surface area contributed by atoms with E-state index in [1.807, 2.05) is 33.8 Å². The number of aromatic nitrogens is 2. The molecule has 0 bridgehead atoms. The molecule has 2 heterocycles. The second-order valence-corrected chi connectivity index (χ2v) is 7.81. The lowest BCUT2D eigenvalue weighted by Crippen LogP contribution is -2.40. The molecule has 0 saturated carbocycles. The van der Waals surface area contributed by atoms with Crippen molar-refractivity contribution in [2.45, 2.75) is 44.6 Å². The van der Waals surface area contributed by atoms with Gasteiger partial charge in [-0.3, -0.25) is 4.79 Å². The summed E-state index contributed by atoms with van der Waals surface area (Å²) in [6.07, 6.45) is 5.14. The zero-order valence-corrected chi connectivity index (χ0v) is 15.7. The largest absolute Gasteiger partial charge is 0.393 e. The molecule has 1 N–H and O–H groups in total. The van der Waals surface area contributed by atoms with Crippen molar-refractivity contribution in [1.29, 1.82) is 0 Å². The minimum atomic E-state index is -0.280. The van der Waals surface area contributed by atoms with Crippen LogP contribution in [0.4, 0.5) is 0 Å². The Morgan fingerprint density at radius 1 is 1.20 bits per heavy atom. The van der Waals surface area contributed by atoms with Crippen molar-refractivity contribution in [3.63, 3.8) is 0 Å². The molecule has 1 amide bonds. The predicted octanol–water partition coefficient (Wildman–Crippen LogP) is 3.11. The Hall–Kier alpha value is -1.66. The third kappa shape index (κ3) is 3.25. The Labute approximate surface area is 155 Å². The Balaban J connectivity index is 1.72. The van der Waals surface area contributed by atoms with Gasteiger partial charge in [-0.25, -0.2) is 4.68 Å². The summed E-state index contributed by atoms with van der Waals surface area (Å²) in [4.78, 5) is 14.9. The van der Waals surface area contributed by atoms with Crippen LogP contribution in [-0.4, -0.2) is 44.9 Å². The number of carbonyl (C=O) groups excluding carboxylic acids is 1. The van der Waals surface area contributed by atoms with Crippen LogP contribution in [0.3, 0.4) is 0 Å². The third-order valence-corrected chi connectivity index (χ3v) is 5.68. The fraction of sp³-hybridized carbons (Fsp3) is 0.474. The lowest BCUT2D eigenvalue weighted by Gasteiger charge is -2.29. The Bertz CT molecular complexity index is 794. The molecule has 2 aromatic rings. The van der Waals surface area contributed by atoms with E-state index < -0.39 is 0 Å². The normalized spacial score (nSPS) is 18.2. The van der Waals surface area contributed by atoms with E-state index in [4.69, 9.17) is 5.10 Å². The summed E-state index contributed by atoms with van der Waals surface area (Å²) >= 11 is 3.52. The summed E-state index contributed by atoms with van der Waals surface area (Å²) in [5.74, 6) is 0.0128. The standard InChI is InChI=1S/C19H22BrN3O2/c20-13-4-3-5-14(12-13)23-17-7-2-1-6-16(17)18(21-23)19(25)22-10-8-15(24)9-11-22/h3-5,12,15,24H,1-2,6-11H2. The maximum Gasteiger partial charge on any atom is 0.274 e. The minimum Gasteiger partial charge on any atom is -0.393 e. The van der Waals surface area contributed by atoms with Gasteiger partial charge in [0.2, 0.25) is 0 Å². The summed E-state index contributed by atoms with van der Waals surface area (Å²) < 4.78 is 2.95. The number of aliphatic hydroxyl groups excluding tert-OH is 1. The van der Waals surface area contributed by atoms with E-state index >= 15 is 0 Å². The molecule has 2 aliphatic rings. The molecule has 4 rings (SSSR count). The Morgan fingerprint density at radius 2 is 1.96 bits per heavy atom. The molecule has 0 unspecified atom stereocenters. The zero-order valence-electron chi connectivity index (χ0n) is 14.1. The second kappa shape index (κ2) is 6.92. The summed E-state index contributed by atoms with van der Waals surface area (Å²) in [7, 11) is 0. The number of halogens is 1. The molecule has 0 spiro atoms. The number of hydrogen-bond acceptors (Lipinski definition) is 3. The van der Waals surface area contributed by atoms with E-state index in [1.165, 1.54) is 5.69 Å².